The van der Waals surface area contributed by atoms with Gasteiger partial charge in [-0.05, 0) is 30.2 Å². The maximum absolute atomic E-state index is 12.4. The van der Waals surface area contributed by atoms with E-state index >= 15 is 0 Å². The van der Waals surface area contributed by atoms with Crippen molar-refractivity contribution >= 4 is 11.7 Å². The fourth-order valence-corrected chi connectivity index (χ4v) is 1.63. The molecule has 1 atom stereocenters. The number of anilines is 1. The number of carbonyl (C=O) groups excluding carboxylic acids is 1. The van der Waals surface area contributed by atoms with Gasteiger partial charge in [0, 0.05) is 18.3 Å². The lowest BCUT2D eigenvalue weighted by molar-refractivity contribution is -0.137. The molecular weight excluding hydrogens is 271 g/mol. The standard InChI is InChI=1S/C13H18F3N3O/c1-8(2)11(7-18-12(17)20)19-10-5-3-9(4-6-10)13(14,15)16/h3-6,8,11,19H,7H2,1-2H3,(H3,17,18,20)/t11-/m1/s1. The van der Waals surface area contributed by atoms with Gasteiger partial charge in [0.1, 0.15) is 0 Å². The molecule has 0 unspecified atom stereocenters. The third kappa shape index (κ3) is 4.99. The Morgan fingerprint density at radius 3 is 2.20 bits per heavy atom. The molecule has 1 rings (SSSR count). The highest BCUT2D eigenvalue weighted by Gasteiger charge is 2.30. The summed E-state index contributed by atoms with van der Waals surface area (Å²) in [5.41, 5.74) is 4.86. The molecule has 0 spiro atoms. The summed E-state index contributed by atoms with van der Waals surface area (Å²) in [6.07, 6.45) is -4.34. The van der Waals surface area contributed by atoms with Crippen LogP contribution in [0.1, 0.15) is 19.4 Å². The topological polar surface area (TPSA) is 67.1 Å². The average molecular weight is 289 g/mol. The van der Waals surface area contributed by atoms with Crippen molar-refractivity contribution in [1.29, 1.82) is 0 Å². The number of alkyl halides is 3. The van der Waals surface area contributed by atoms with Gasteiger partial charge in [-0.1, -0.05) is 13.8 Å². The number of halogens is 3. The number of rotatable bonds is 5. The molecule has 0 radical (unpaired) electrons. The molecule has 0 aromatic heterocycles. The molecule has 0 heterocycles. The van der Waals surface area contributed by atoms with E-state index in [1.54, 1.807) is 0 Å². The first-order valence-electron chi connectivity index (χ1n) is 6.17. The Bertz CT molecular complexity index is 443. The second-order valence-electron chi connectivity index (χ2n) is 4.82. The number of hydrogen-bond acceptors (Lipinski definition) is 2. The van der Waals surface area contributed by atoms with E-state index < -0.39 is 17.8 Å². The van der Waals surface area contributed by atoms with Gasteiger partial charge in [-0.15, -0.1) is 0 Å². The van der Waals surface area contributed by atoms with Gasteiger partial charge in [-0.3, -0.25) is 0 Å². The Kier molecular flexibility index (Phi) is 5.24. The first-order chi connectivity index (χ1) is 9.20. The molecule has 4 N–H and O–H groups in total. The van der Waals surface area contributed by atoms with Crippen molar-refractivity contribution in [1.82, 2.24) is 5.32 Å². The summed E-state index contributed by atoms with van der Waals surface area (Å²) in [5.74, 6) is 0.171. The summed E-state index contributed by atoms with van der Waals surface area (Å²) in [6.45, 7) is 4.17. The van der Waals surface area contributed by atoms with Crippen LogP contribution in [0.15, 0.2) is 24.3 Å². The second kappa shape index (κ2) is 6.49. The predicted molar refractivity (Wildman–Crippen MR) is 71.3 cm³/mol. The van der Waals surface area contributed by atoms with Crippen LogP contribution in [0.2, 0.25) is 0 Å². The summed E-state index contributed by atoms with van der Waals surface area (Å²) in [5, 5.41) is 5.55. The molecule has 0 fully saturated rings. The summed E-state index contributed by atoms with van der Waals surface area (Å²) in [7, 11) is 0. The molecule has 7 heteroatoms. The number of carbonyl (C=O) groups is 1. The van der Waals surface area contributed by atoms with Crippen molar-refractivity contribution in [3.05, 3.63) is 29.8 Å². The second-order valence-corrected chi connectivity index (χ2v) is 4.82. The van der Waals surface area contributed by atoms with Gasteiger partial charge in [-0.2, -0.15) is 13.2 Å². The third-order valence-corrected chi connectivity index (χ3v) is 2.87. The first kappa shape index (κ1) is 16.1. The molecule has 0 saturated heterocycles. The van der Waals surface area contributed by atoms with Crippen molar-refractivity contribution in [3.63, 3.8) is 0 Å². The van der Waals surface area contributed by atoms with Gasteiger partial charge >= 0.3 is 12.2 Å². The Hall–Kier alpha value is -1.92. The number of nitrogens with one attached hydrogen (secondary N) is 2. The lowest BCUT2D eigenvalue weighted by atomic mass is 10.0. The van der Waals surface area contributed by atoms with E-state index in [0.717, 1.165) is 12.1 Å². The Labute approximate surface area is 115 Å². The molecule has 20 heavy (non-hydrogen) atoms. The molecule has 0 aliphatic heterocycles. The average Bonchev–Trinajstić information content (AvgIpc) is 2.33. The molecule has 1 aromatic rings. The number of hydrogen-bond donors (Lipinski definition) is 3. The molecule has 112 valence electrons. The number of amides is 2. The molecule has 0 saturated carbocycles. The maximum Gasteiger partial charge on any atom is 0.416 e. The highest BCUT2D eigenvalue weighted by Crippen LogP contribution is 2.30. The van der Waals surface area contributed by atoms with Gasteiger partial charge in [-0.25, -0.2) is 4.79 Å². The Balaban J connectivity index is 2.71. The van der Waals surface area contributed by atoms with E-state index in [2.05, 4.69) is 10.6 Å². The number of primary amides is 1. The smallest absolute Gasteiger partial charge is 0.380 e. The highest BCUT2D eigenvalue weighted by molar-refractivity contribution is 5.71. The van der Waals surface area contributed by atoms with E-state index in [1.807, 2.05) is 13.8 Å². The quantitative estimate of drug-likeness (QED) is 0.780. The minimum atomic E-state index is -4.34. The maximum atomic E-state index is 12.4. The lowest BCUT2D eigenvalue weighted by Gasteiger charge is -2.23. The van der Waals surface area contributed by atoms with Crippen LogP contribution in [-0.4, -0.2) is 18.6 Å². The number of nitrogens with two attached hydrogens (primary N) is 1. The van der Waals surface area contributed by atoms with Gasteiger partial charge in [0.2, 0.25) is 0 Å². The van der Waals surface area contributed by atoms with Crippen molar-refractivity contribution in [2.24, 2.45) is 11.7 Å². The van der Waals surface area contributed by atoms with Gasteiger partial charge in [0.25, 0.3) is 0 Å². The molecule has 1 aromatic carbocycles. The summed E-state index contributed by atoms with van der Waals surface area (Å²) < 4.78 is 37.3. The van der Waals surface area contributed by atoms with Crippen LogP contribution < -0.4 is 16.4 Å². The van der Waals surface area contributed by atoms with E-state index in [1.165, 1.54) is 12.1 Å². The van der Waals surface area contributed by atoms with Gasteiger partial charge < -0.3 is 16.4 Å². The third-order valence-electron chi connectivity index (χ3n) is 2.87. The van der Waals surface area contributed by atoms with E-state index in [-0.39, 0.29) is 12.0 Å². The van der Waals surface area contributed by atoms with Crippen molar-refractivity contribution in [3.8, 4) is 0 Å². The van der Waals surface area contributed by atoms with Crippen LogP contribution >= 0.6 is 0 Å². The van der Waals surface area contributed by atoms with Crippen LogP contribution in [0.25, 0.3) is 0 Å². The Morgan fingerprint density at radius 1 is 1.25 bits per heavy atom. The Morgan fingerprint density at radius 2 is 1.80 bits per heavy atom. The van der Waals surface area contributed by atoms with Crippen LogP contribution in [0.3, 0.4) is 0 Å². The zero-order chi connectivity index (χ0) is 15.3. The minimum absolute atomic E-state index is 0.126. The van der Waals surface area contributed by atoms with Gasteiger partial charge in [0.15, 0.2) is 0 Å². The van der Waals surface area contributed by atoms with E-state index in [9.17, 15) is 18.0 Å². The minimum Gasteiger partial charge on any atom is -0.380 e. The largest absolute Gasteiger partial charge is 0.416 e. The molecule has 2 amide bonds. The lowest BCUT2D eigenvalue weighted by Crippen LogP contribution is -2.41. The van der Waals surface area contributed by atoms with E-state index in [0.29, 0.717) is 12.2 Å². The first-order valence-corrected chi connectivity index (χ1v) is 6.17. The zero-order valence-electron chi connectivity index (χ0n) is 11.3. The molecule has 0 aliphatic carbocycles. The molecule has 0 bridgehead atoms. The van der Waals surface area contributed by atoms with Crippen LogP contribution in [0.4, 0.5) is 23.7 Å². The SMILES string of the molecule is CC(C)[C@@H](CNC(N)=O)Nc1ccc(C(F)(F)F)cc1. The fourth-order valence-electron chi connectivity index (χ4n) is 1.63. The van der Waals surface area contributed by atoms with Gasteiger partial charge in [0.05, 0.1) is 5.56 Å². The van der Waals surface area contributed by atoms with Crippen molar-refractivity contribution < 1.29 is 18.0 Å². The predicted octanol–water partition coefficient (Wildman–Crippen LogP) is 2.81. The summed E-state index contributed by atoms with van der Waals surface area (Å²) >= 11 is 0. The highest BCUT2D eigenvalue weighted by atomic mass is 19.4. The zero-order valence-corrected chi connectivity index (χ0v) is 11.3. The number of benzene rings is 1. The van der Waals surface area contributed by atoms with E-state index in [4.69, 9.17) is 5.73 Å². The molecule has 4 nitrogen and oxygen atoms in total. The monoisotopic (exact) mass is 289 g/mol. The molecular formula is C13H18F3N3O. The van der Waals surface area contributed by atoms with Crippen molar-refractivity contribution in [2.75, 3.05) is 11.9 Å². The van der Waals surface area contributed by atoms with Crippen molar-refractivity contribution in [2.45, 2.75) is 26.1 Å². The summed E-state index contributed by atoms with van der Waals surface area (Å²) in [4.78, 5) is 10.7. The van der Waals surface area contributed by atoms with Crippen LogP contribution in [0.5, 0.6) is 0 Å². The normalized spacial score (nSPS) is 13.1. The van der Waals surface area contributed by atoms with Crippen LogP contribution in [0, 0.1) is 5.92 Å². The number of urea groups is 1. The fraction of sp³-hybridized carbons (Fsp3) is 0.462. The van der Waals surface area contributed by atoms with Crippen LogP contribution in [-0.2, 0) is 6.18 Å². The molecule has 0 aliphatic rings. The summed E-state index contributed by atoms with van der Waals surface area (Å²) in [6, 6.07) is 4.00.